The summed E-state index contributed by atoms with van der Waals surface area (Å²) < 4.78 is 6.22. The fraction of sp³-hybridized carbons (Fsp3) is 0.158. The number of nitro benzene ring substituents is 1. The van der Waals surface area contributed by atoms with E-state index in [1.807, 2.05) is 25.1 Å². The number of hydrogen-bond donors (Lipinski definition) is 1. The lowest BCUT2D eigenvalue weighted by molar-refractivity contribution is -0.384. The summed E-state index contributed by atoms with van der Waals surface area (Å²) in [4.78, 5) is 38.6. The number of nitrogens with zero attached hydrogens (tertiary/aromatic N) is 2. The Kier molecular flexibility index (Phi) is 3.88. The van der Waals surface area contributed by atoms with Crippen LogP contribution in [0, 0.1) is 10.1 Å². The molecule has 4 aromatic rings. The Balaban J connectivity index is 1.77. The summed E-state index contributed by atoms with van der Waals surface area (Å²) in [7, 11) is 0. The molecule has 0 unspecified atom stereocenters. The van der Waals surface area contributed by atoms with E-state index in [-0.39, 0.29) is 29.1 Å². The van der Waals surface area contributed by atoms with Crippen LogP contribution in [0.1, 0.15) is 22.8 Å². The molecule has 2 aromatic carbocycles. The largest absolute Gasteiger partial charge is 0.420 e. The summed E-state index contributed by atoms with van der Waals surface area (Å²) in [6.07, 6.45) is 2.45. The van der Waals surface area contributed by atoms with Crippen LogP contribution < -0.4 is 5.76 Å². The van der Waals surface area contributed by atoms with Crippen molar-refractivity contribution in [2.45, 2.75) is 19.9 Å². The number of hydrogen-bond acceptors (Lipinski definition) is 5. The van der Waals surface area contributed by atoms with Gasteiger partial charge in [-0.25, -0.2) is 4.79 Å². The number of carbonyl (C=O) groups excluding carboxylic acids is 1. The van der Waals surface area contributed by atoms with Crippen molar-refractivity contribution in [2.24, 2.45) is 0 Å². The minimum atomic E-state index is -0.729. The monoisotopic (exact) mass is 365 g/mol. The van der Waals surface area contributed by atoms with Gasteiger partial charge in [-0.15, -0.1) is 0 Å². The van der Waals surface area contributed by atoms with Crippen molar-refractivity contribution in [1.82, 2.24) is 9.55 Å². The van der Waals surface area contributed by atoms with Crippen molar-refractivity contribution in [3.63, 3.8) is 0 Å². The highest BCUT2D eigenvalue weighted by molar-refractivity contribution is 6.08. The number of carbonyl (C=O) groups is 1. The van der Waals surface area contributed by atoms with Crippen LogP contribution in [0.5, 0.6) is 0 Å². The van der Waals surface area contributed by atoms with Gasteiger partial charge in [-0.3, -0.25) is 19.5 Å². The van der Waals surface area contributed by atoms with Gasteiger partial charge in [-0.2, -0.15) is 0 Å². The van der Waals surface area contributed by atoms with E-state index in [9.17, 15) is 19.7 Å². The molecule has 1 N–H and O–H groups in total. The van der Waals surface area contributed by atoms with E-state index in [4.69, 9.17) is 4.42 Å². The number of oxazole rings is 1. The maximum absolute atomic E-state index is 12.8. The van der Waals surface area contributed by atoms with Gasteiger partial charge >= 0.3 is 5.76 Å². The van der Waals surface area contributed by atoms with Crippen LogP contribution >= 0.6 is 0 Å². The molecule has 8 nitrogen and oxygen atoms in total. The number of ketones is 1. The summed E-state index contributed by atoms with van der Waals surface area (Å²) in [6.45, 7) is 1.76. The smallest absolute Gasteiger partial charge is 0.408 e. The topological polar surface area (TPSA) is 111 Å². The molecule has 2 heterocycles. The number of non-ortho nitro benzene ring substituents is 1. The Morgan fingerprint density at radius 3 is 2.85 bits per heavy atom. The molecule has 0 saturated carbocycles. The molecule has 4 rings (SSSR count). The van der Waals surface area contributed by atoms with Crippen LogP contribution in [0.25, 0.3) is 22.0 Å². The molecule has 0 aliphatic rings. The molecule has 0 aliphatic carbocycles. The van der Waals surface area contributed by atoms with E-state index >= 15 is 0 Å². The van der Waals surface area contributed by atoms with Gasteiger partial charge in [0.25, 0.3) is 5.69 Å². The zero-order valence-electron chi connectivity index (χ0n) is 14.4. The van der Waals surface area contributed by atoms with Crippen molar-refractivity contribution < 1.29 is 14.1 Å². The van der Waals surface area contributed by atoms with Crippen LogP contribution in [0.15, 0.2) is 51.8 Å². The van der Waals surface area contributed by atoms with E-state index in [0.717, 1.165) is 27.5 Å². The number of nitro groups is 1. The van der Waals surface area contributed by atoms with Gasteiger partial charge in [0, 0.05) is 34.8 Å². The number of H-pyrrole nitrogens is 1. The number of aryl methyl sites for hydroxylation is 1. The number of fused-ring (bicyclic) bond motifs is 2. The van der Waals surface area contributed by atoms with E-state index in [1.165, 1.54) is 18.2 Å². The fourth-order valence-electron chi connectivity index (χ4n) is 3.29. The number of para-hydroxylation sites is 1. The van der Waals surface area contributed by atoms with Gasteiger partial charge in [-0.1, -0.05) is 25.1 Å². The molecular weight excluding hydrogens is 350 g/mol. The predicted molar refractivity (Wildman–Crippen MR) is 99.1 cm³/mol. The molecule has 0 bridgehead atoms. The Morgan fingerprint density at radius 1 is 1.30 bits per heavy atom. The predicted octanol–water partition coefficient (Wildman–Crippen LogP) is 3.43. The molecule has 0 atom stereocenters. The number of benzene rings is 2. The Labute approximate surface area is 152 Å². The molecule has 0 amide bonds. The molecule has 0 fully saturated rings. The average molecular weight is 365 g/mol. The number of aromatic nitrogens is 2. The van der Waals surface area contributed by atoms with Crippen LogP contribution in [-0.2, 0) is 13.0 Å². The minimum Gasteiger partial charge on any atom is -0.408 e. The first kappa shape index (κ1) is 16.8. The lowest BCUT2D eigenvalue weighted by Gasteiger charge is -2.03. The second-order valence-electron chi connectivity index (χ2n) is 6.18. The van der Waals surface area contributed by atoms with Gasteiger partial charge in [0.1, 0.15) is 0 Å². The lowest BCUT2D eigenvalue weighted by Crippen LogP contribution is -2.20. The molecule has 0 saturated heterocycles. The standard InChI is InChI=1S/C19H15N3O5/c1-2-11-4-3-5-13-14(9-20-18(11)13)16(23)10-21-15-8-12(22(25)26)6-7-17(15)27-19(21)24/h3-9,20H,2,10H2,1H3. The molecule has 0 spiro atoms. The molecular formula is C19H15N3O5. The van der Waals surface area contributed by atoms with E-state index in [0.29, 0.717) is 5.56 Å². The van der Waals surface area contributed by atoms with Gasteiger partial charge in [0.15, 0.2) is 11.4 Å². The number of rotatable bonds is 5. The molecule has 8 heteroatoms. The molecule has 2 aromatic heterocycles. The third kappa shape index (κ3) is 2.71. The third-order valence-electron chi connectivity index (χ3n) is 4.65. The fourth-order valence-corrected chi connectivity index (χ4v) is 3.29. The summed E-state index contributed by atoms with van der Waals surface area (Å²) >= 11 is 0. The van der Waals surface area contributed by atoms with Crippen molar-refractivity contribution in [3.8, 4) is 0 Å². The second kappa shape index (κ2) is 6.24. The van der Waals surface area contributed by atoms with Gasteiger partial charge < -0.3 is 9.40 Å². The van der Waals surface area contributed by atoms with Crippen molar-refractivity contribution in [3.05, 3.63) is 74.4 Å². The lowest BCUT2D eigenvalue weighted by atomic mass is 10.0. The Hall–Kier alpha value is -3.68. The summed E-state index contributed by atoms with van der Waals surface area (Å²) in [5, 5.41) is 11.8. The first-order chi connectivity index (χ1) is 13.0. The van der Waals surface area contributed by atoms with Crippen LogP contribution in [-0.4, -0.2) is 20.3 Å². The minimum absolute atomic E-state index is 0.177. The molecule has 27 heavy (non-hydrogen) atoms. The zero-order chi connectivity index (χ0) is 19.1. The number of aromatic amines is 1. The summed E-state index contributed by atoms with van der Waals surface area (Å²) in [5.41, 5.74) is 2.69. The zero-order valence-corrected chi connectivity index (χ0v) is 14.4. The number of Topliss-reactive ketones (excluding diaryl/α,β-unsaturated/α-hetero) is 1. The van der Waals surface area contributed by atoms with E-state index < -0.39 is 10.7 Å². The first-order valence-corrected chi connectivity index (χ1v) is 8.39. The maximum atomic E-state index is 12.8. The van der Waals surface area contributed by atoms with Crippen molar-refractivity contribution in [2.75, 3.05) is 0 Å². The first-order valence-electron chi connectivity index (χ1n) is 8.39. The van der Waals surface area contributed by atoms with Crippen LogP contribution in [0.2, 0.25) is 0 Å². The maximum Gasteiger partial charge on any atom is 0.420 e. The second-order valence-corrected chi connectivity index (χ2v) is 6.18. The van der Waals surface area contributed by atoms with Crippen LogP contribution in [0.4, 0.5) is 5.69 Å². The van der Waals surface area contributed by atoms with Crippen molar-refractivity contribution in [1.29, 1.82) is 0 Å². The quantitative estimate of drug-likeness (QED) is 0.331. The Bertz CT molecular complexity index is 1260. The molecule has 0 aliphatic heterocycles. The highest BCUT2D eigenvalue weighted by Gasteiger charge is 2.19. The van der Waals surface area contributed by atoms with Gasteiger partial charge in [-0.05, 0) is 18.1 Å². The SMILES string of the molecule is CCc1cccc2c(C(=O)Cn3c(=O)oc4ccc([N+](=O)[O-])cc43)c[nH]c12. The van der Waals surface area contributed by atoms with Gasteiger partial charge in [0.2, 0.25) is 0 Å². The average Bonchev–Trinajstić information content (AvgIpc) is 3.22. The molecule has 0 radical (unpaired) electrons. The van der Waals surface area contributed by atoms with E-state index in [2.05, 4.69) is 4.98 Å². The summed E-state index contributed by atoms with van der Waals surface area (Å²) in [6, 6.07) is 9.56. The number of nitrogens with one attached hydrogen (secondary N) is 1. The van der Waals surface area contributed by atoms with Gasteiger partial charge in [0.05, 0.1) is 17.0 Å². The van der Waals surface area contributed by atoms with Crippen LogP contribution in [0.3, 0.4) is 0 Å². The van der Waals surface area contributed by atoms with Crippen molar-refractivity contribution >= 4 is 33.5 Å². The summed E-state index contributed by atoms with van der Waals surface area (Å²) in [5.74, 6) is -1.02. The Morgan fingerprint density at radius 2 is 2.11 bits per heavy atom. The van der Waals surface area contributed by atoms with E-state index in [1.54, 1.807) is 6.20 Å². The normalized spacial score (nSPS) is 11.3. The molecule has 136 valence electrons. The highest BCUT2D eigenvalue weighted by atomic mass is 16.6. The third-order valence-corrected chi connectivity index (χ3v) is 4.65. The highest BCUT2D eigenvalue weighted by Crippen LogP contribution is 2.24.